The number of fused-ring (bicyclic) bond motifs is 1. The minimum absolute atomic E-state index is 0.381. The molecule has 144 valence electrons. The highest BCUT2D eigenvalue weighted by molar-refractivity contribution is 7.98. The molecule has 2 heterocycles. The summed E-state index contributed by atoms with van der Waals surface area (Å²) in [6.07, 6.45) is 6.12. The van der Waals surface area contributed by atoms with Crippen LogP contribution in [0.15, 0.2) is 29.2 Å². The average Bonchev–Trinajstić information content (AvgIpc) is 2.64. The Balaban J connectivity index is 1.55. The summed E-state index contributed by atoms with van der Waals surface area (Å²) in [6, 6.07) is 9.43. The van der Waals surface area contributed by atoms with Gasteiger partial charge in [-0.3, -0.25) is 9.69 Å². The molecule has 5 heteroatoms. The zero-order chi connectivity index (χ0) is 18.5. The molecule has 26 heavy (non-hydrogen) atoms. The van der Waals surface area contributed by atoms with Crippen molar-refractivity contribution in [2.24, 2.45) is 5.92 Å². The molecule has 2 aliphatic rings. The van der Waals surface area contributed by atoms with Gasteiger partial charge in [-0.25, -0.2) is 0 Å². The number of rotatable bonds is 7. The maximum atomic E-state index is 12.5. The minimum atomic E-state index is 0.381. The second kappa shape index (κ2) is 9.25. The Hall–Kier alpha value is -1.04. The van der Waals surface area contributed by atoms with E-state index in [-0.39, 0.29) is 0 Å². The van der Waals surface area contributed by atoms with Gasteiger partial charge in [0, 0.05) is 43.5 Å². The molecular weight excluding hydrogens is 342 g/mol. The average molecular weight is 376 g/mol. The Labute approximate surface area is 162 Å². The highest BCUT2D eigenvalue weighted by Crippen LogP contribution is 2.32. The van der Waals surface area contributed by atoms with Crippen molar-refractivity contribution >= 4 is 17.7 Å². The number of hydrogen-bond donors (Lipinski definition) is 0. The highest BCUT2D eigenvalue weighted by atomic mass is 32.2. The van der Waals surface area contributed by atoms with Gasteiger partial charge in [0.2, 0.25) is 5.91 Å². The summed E-state index contributed by atoms with van der Waals surface area (Å²) < 4.78 is 0. The Morgan fingerprint density at radius 2 is 1.96 bits per heavy atom. The van der Waals surface area contributed by atoms with Gasteiger partial charge < -0.3 is 9.80 Å². The van der Waals surface area contributed by atoms with E-state index in [0.29, 0.717) is 17.9 Å². The fourth-order valence-electron chi connectivity index (χ4n) is 4.41. The Bertz CT molecular complexity index is 589. The maximum absolute atomic E-state index is 12.5. The molecule has 3 rings (SSSR count). The van der Waals surface area contributed by atoms with E-state index in [4.69, 9.17) is 0 Å². The zero-order valence-electron chi connectivity index (χ0n) is 16.5. The van der Waals surface area contributed by atoms with Crippen molar-refractivity contribution in [3.63, 3.8) is 0 Å². The first-order valence-corrected chi connectivity index (χ1v) is 11.1. The molecule has 0 N–H and O–H groups in total. The topological polar surface area (TPSA) is 26.8 Å². The summed E-state index contributed by atoms with van der Waals surface area (Å²) in [5.41, 5.74) is 1.40. The SMILES string of the molecule is CSc1ccc(CN2CC[C@H]3[C@H](CCC(=O)N3CCCN(C)C)C2)cc1. The summed E-state index contributed by atoms with van der Waals surface area (Å²) in [5.74, 6) is 1.03. The second-order valence-electron chi connectivity index (χ2n) is 7.98. The number of amides is 1. The van der Waals surface area contributed by atoms with E-state index in [1.54, 1.807) is 11.8 Å². The number of carbonyl (C=O) groups excluding carboxylic acids is 1. The first-order chi connectivity index (χ1) is 12.6. The number of piperidine rings is 2. The molecule has 0 unspecified atom stereocenters. The van der Waals surface area contributed by atoms with Crippen LogP contribution in [0.2, 0.25) is 0 Å². The lowest BCUT2D eigenvalue weighted by Gasteiger charge is -2.47. The molecule has 0 bridgehead atoms. The van der Waals surface area contributed by atoms with Gasteiger partial charge in [0.05, 0.1) is 0 Å². The monoisotopic (exact) mass is 375 g/mol. The van der Waals surface area contributed by atoms with Crippen LogP contribution in [0.1, 0.15) is 31.2 Å². The standard InChI is InChI=1S/C21H33N3OS/c1-22(2)12-4-13-24-20-11-14-23(16-18(20)7-10-21(24)25)15-17-5-8-19(26-3)9-6-17/h5-6,8-9,18,20H,4,7,10-16H2,1-3H3/t18-,20+/m1/s1. The van der Waals surface area contributed by atoms with Crippen molar-refractivity contribution in [1.82, 2.24) is 14.7 Å². The molecule has 1 amide bonds. The molecule has 2 fully saturated rings. The molecule has 0 radical (unpaired) electrons. The van der Waals surface area contributed by atoms with Crippen LogP contribution in [-0.2, 0) is 11.3 Å². The molecule has 0 aromatic heterocycles. The van der Waals surface area contributed by atoms with Gasteiger partial charge in [-0.15, -0.1) is 11.8 Å². The summed E-state index contributed by atoms with van der Waals surface area (Å²) >= 11 is 1.79. The molecule has 2 atom stereocenters. The minimum Gasteiger partial charge on any atom is -0.339 e. The Morgan fingerprint density at radius 1 is 1.19 bits per heavy atom. The van der Waals surface area contributed by atoms with E-state index in [0.717, 1.165) is 58.4 Å². The third kappa shape index (κ3) is 5.02. The van der Waals surface area contributed by atoms with Crippen LogP contribution < -0.4 is 0 Å². The van der Waals surface area contributed by atoms with Gasteiger partial charge in [-0.2, -0.15) is 0 Å². The number of thioether (sulfide) groups is 1. The number of carbonyl (C=O) groups is 1. The van der Waals surface area contributed by atoms with Crippen molar-refractivity contribution in [2.45, 2.75) is 43.2 Å². The first-order valence-electron chi connectivity index (χ1n) is 9.86. The molecule has 2 aliphatic heterocycles. The normalized spacial score (nSPS) is 24.2. The van der Waals surface area contributed by atoms with E-state index >= 15 is 0 Å². The zero-order valence-corrected chi connectivity index (χ0v) is 17.3. The second-order valence-corrected chi connectivity index (χ2v) is 8.86. The number of likely N-dealkylation sites (tertiary alicyclic amines) is 2. The van der Waals surface area contributed by atoms with Crippen LogP contribution in [0.5, 0.6) is 0 Å². The lowest BCUT2D eigenvalue weighted by Crippen LogP contribution is -2.56. The summed E-state index contributed by atoms with van der Waals surface area (Å²) in [6.45, 7) is 5.25. The molecule has 1 aromatic rings. The third-order valence-electron chi connectivity index (χ3n) is 5.80. The summed E-state index contributed by atoms with van der Waals surface area (Å²) in [4.78, 5) is 20.8. The largest absolute Gasteiger partial charge is 0.339 e. The summed E-state index contributed by atoms with van der Waals surface area (Å²) in [7, 11) is 4.20. The molecule has 2 saturated heterocycles. The number of hydrogen-bond acceptors (Lipinski definition) is 4. The molecule has 0 spiro atoms. The highest BCUT2D eigenvalue weighted by Gasteiger charge is 2.38. The fourth-order valence-corrected chi connectivity index (χ4v) is 4.82. The Morgan fingerprint density at radius 3 is 2.65 bits per heavy atom. The van der Waals surface area contributed by atoms with Crippen molar-refractivity contribution in [1.29, 1.82) is 0 Å². The lowest BCUT2D eigenvalue weighted by atomic mass is 9.83. The molecule has 1 aromatic carbocycles. The van der Waals surface area contributed by atoms with E-state index in [1.165, 1.54) is 10.5 Å². The predicted octanol–water partition coefficient (Wildman–Crippen LogP) is 3.17. The molecular formula is C21H33N3OS. The quantitative estimate of drug-likeness (QED) is 0.684. The summed E-state index contributed by atoms with van der Waals surface area (Å²) in [5, 5.41) is 0. The maximum Gasteiger partial charge on any atom is 0.222 e. The van der Waals surface area contributed by atoms with Gasteiger partial charge in [-0.1, -0.05) is 12.1 Å². The van der Waals surface area contributed by atoms with Crippen LogP contribution in [0.3, 0.4) is 0 Å². The van der Waals surface area contributed by atoms with Crippen LogP contribution in [0.4, 0.5) is 0 Å². The fraction of sp³-hybridized carbons (Fsp3) is 0.667. The van der Waals surface area contributed by atoms with Gasteiger partial charge in [0.25, 0.3) is 0 Å². The van der Waals surface area contributed by atoms with Crippen LogP contribution in [0.25, 0.3) is 0 Å². The van der Waals surface area contributed by atoms with Gasteiger partial charge in [0.15, 0.2) is 0 Å². The smallest absolute Gasteiger partial charge is 0.222 e. The van der Waals surface area contributed by atoms with Crippen molar-refractivity contribution < 1.29 is 4.79 Å². The Kier molecular flexibility index (Phi) is 7.01. The molecule has 4 nitrogen and oxygen atoms in total. The van der Waals surface area contributed by atoms with Gasteiger partial charge in [-0.05, 0) is 69.8 Å². The lowest BCUT2D eigenvalue weighted by molar-refractivity contribution is -0.141. The molecule has 0 aliphatic carbocycles. The predicted molar refractivity (Wildman–Crippen MR) is 110 cm³/mol. The van der Waals surface area contributed by atoms with E-state index < -0.39 is 0 Å². The van der Waals surface area contributed by atoms with Crippen molar-refractivity contribution in [3.05, 3.63) is 29.8 Å². The van der Waals surface area contributed by atoms with Crippen LogP contribution >= 0.6 is 11.8 Å². The van der Waals surface area contributed by atoms with E-state index in [9.17, 15) is 4.79 Å². The van der Waals surface area contributed by atoms with Crippen LogP contribution in [-0.4, -0.2) is 73.2 Å². The van der Waals surface area contributed by atoms with Crippen molar-refractivity contribution in [3.8, 4) is 0 Å². The molecule has 0 saturated carbocycles. The van der Waals surface area contributed by atoms with E-state index in [1.807, 2.05) is 0 Å². The van der Waals surface area contributed by atoms with Crippen molar-refractivity contribution in [2.75, 3.05) is 46.5 Å². The number of benzene rings is 1. The first kappa shape index (κ1) is 19.7. The van der Waals surface area contributed by atoms with Gasteiger partial charge in [0.1, 0.15) is 0 Å². The number of nitrogens with zero attached hydrogens (tertiary/aromatic N) is 3. The van der Waals surface area contributed by atoms with E-state index in [2.05, 4.69) is 59.3 Å². The van der Waals surface area contributed by atoms with Gasteiger partial charge >= 0.3 is 0 Å². The third-order valence-corrected chi connectivity index (χ3v) is 6.54. The van der Waals surface area contributed by atoms with Crippen LogP contribution in [0, 0.1) is 5.92 Å².